The van der Waals surface area contributed by atoms with E-state index in [9.17, 15) is 0 Å². The number of fused-ring (bicyclic) bond motifs is 1. The monoisotopic (exact) mass is 235 g/mol. The van der Waals surface area contributed by atoms with E-state index in [0.29, 0.717) is 11.5 Å². The number of benzene rings is 1. The van der Waals surface area contributed by atoms with Gasteiger partial charge in [0.15, 0.2) is 11.5 Å². The third-order valence-corrected chi connectivity index (χ3v) is 2.58. The molecule has 2 N–H and O–H groups in total. The predicted octanol–water partition coefficient (Wildman–Crippen LogP) is 1.69. The summed E-state index contributed by atoms with van der Waals surface area (Å²) in [6.45, 7) is 3.72. The summed E-state index contributed by atoms with van der Waals surface area (Å²) >= 11 is 0. The van der Waals surface area contributed by atoms with Gasteiger partial charge in [-0.2, -0.15) is 0 Å². The van der Waals surface area contributed by atoms with Gasteiger partial charge in [-0.05, 0) is 6.54 Å². The van der Waals surface area contributed by atoms with Crippen molar-refractivity contribution in [3.63, 3.8) is 0 Å². The van der Waals surface area contributed by atoms with Crippen LogP contribution >= 0.6 is 0 Å². The molecule has 1 aromatic heterocycles. The summed E-state index contributed by atoms with van der Waals surface area (Å²) in [4.78, 5) is 7.73. The van der Waals surface area contributed by atoms with Gasteiger partial charge in [-0.3, -0.25) is 0 Å². The molecule has 2 rings (SSSR count). The van der Waals surface area contributed by atoms with Gasteiger partial charge in [-0.25, -0.2) is 4.98 Å². The molecular formula is C12H17N3O2. The molecule has 17 heavy (non-hydrogen) atoms. The molecular weight excluding hydrogens is 218 g/mol. The molecule has 2 aromatic rings. The van der Waals surface area contributed by atoms with Gasteiger partial charge in [-0.1, -0.05) is 6.92 Å². The summed E-state index contributed by atoms with van der Waals surface area (Å²) in [5.74, 6) is 2.32. The fourth-order valence-corrected chi connectivity index (χ4v) is 1.72. The molecule has 0 aliphatic carbocycles. The third kappa shape index (κ3) is 2.34. The van der Waals surface area contributed by atoms with E-state index in [1.54, 1.807) is 14.2 Å². The van der Waals surface area contributed by atoms with Crippen LogP contribution in [-0.4, -0.2) is 30.7 Å². The molecule has 0 amide bonds. The van der Waals surface area contributed by atoms with E-state index >= 15 is 0 Å². The van der Waals surface area contributed by atoms with Crippen LogP contribution in [0.1, 0.15) is 12.7 Å². The number of rotatable bonds is 5. The smallest absolute Gasteiger partial charge is 0.163 e. The van der Waals surface area contributed by atoms with E-state index in [1.807, 2.05) is 12.1 Å². The van der Waals surface area contributed by atoms with Gasteiger partial charge in [0.25, 0.3) is 0 Å². The zero-order valence-corrected chi connectivity index (χ0v) is 10.3. The number of H-pyrrole nitrogens is 1. The number of hydrogen-bond acceptors (Lipinski definition) is 4. The first-order valence-electron chi connectivity index (χ1n) is 5.59. The Bertz CT molecular complexity index is 467. The van der Waals surface area contributed by atoms with Gasteiger partial charge in [0, 0.05) is 12.1 Å². The maximum atomic E-state index is 5.25. The van der Waals surface area contributed by atoms with Crippen molar-refractivity contribution in [1.82, 2.24) is 15.3 Å². The Morgan fingerprint density at radius 1 is 1.24 bits per heavy atom. The predicted molar refractivity (Wildman–Crippen MR) is 66.6 cm³/mol. The molecule has 0 radical (unpaired) electrons. The minimum absolute atomic E-state index is 0.696. The molecule has 0 unspecified atom stereocenters. The lowest BCUT2D eigenvalue weighted by molar-refractivity contribution is 0.356. The van der Waals surface area contributed by atoms with Gasteiger partial charge < -0.3 is 19.8 Å². The lowest BCUT2D eigenvalue weighted by Crippen LogP contribution is -2.12. The molecule has 1 heterocycles. The zero-order valence-electron chi connectivity index (χ0n) is 10.3. The van der Waals surface area contributed by atoms with Crippen molar-refractivity contribution < 1.29 is 9.47 Å². The Balaban J connectivity index is 2.39. The first kappa shape index (κ1) is 11.7. The van der Waals surface area contributed by atoms with Crippen LogP contribution in [0.5, 0.6) is 11.5 Å². The molecule has 0 atom stereocenters. The van der Waals surface area contributed by atoms with E-state index in [2.05, 4.69) is 22.2 Å². The first-order valence-corrected chi connectivity index (χ1v) is 5.59. The SMILES string of the molecule is CCNCc1nc2cc(OC)c(OC)cc2[nH]1. The number of nitrogens with one attached hydrogen (secondary N) is 2. The fourth-order valence-electron chi connectivity index (χ4n) is 1.72. The fraction of sp³-hybridized carbons (Fsp3) is 0.417. The Kier molecular flexibility index (Phi) is 3.49. The molecule has 0 spiro atoms. The van der Waals surface area contributed by atoms with Crippen molar-refractivity contribution in [3.05, 3.63) is 18.0 Å². The van der Waals surface area contributed by atoms with Gasteiger partial charge in [0.2, 0.25) is 0 Å². The summed E-state index contributed by atoms with van der Waals surface area (Å²) in [5, 5.41) is 3.23. The van der Waals surface area contributed by atoms with Crippen LogP contribution < -0.4 is 14.8 Å². The maximum absolute atomic E-state index is 5.25. The van der Waals surface area contributed by atoms with Crippen LogP contribution in [0.2, 0.25) is 0 Å². The highest BCUT2D eigenvalue weighted by Gasteiger charge is 2.09. The summed E-state index contributed by atoms with van der Waals surface area (Å²) in [7, 11) is 3.25. The Labute approximate surface area is 100 Å². The van der Waals surface area contributed by atoms with Crippen molar-refractivity contribution in [1.29, 1.82) is 0 Å². The number of imidazole rings is 1. The Morgan fingerprint density at radius 2 is 1.94 bits per heavy atom. The van der Waals surface area contributed by atoms with Gasteiger partial charge in [0.1, 0.15) is 5.82 Å². The van der Waals surface area contributed by atoms with Crippen LogP contribution in [0.15, 0.2) is 12.1 Å². The molecule has 0 aliphatic heterocycles. The molecule has 0 bridgehead atoms. The maximum Gasteiger partial charge on any atom is 0.163 e. The van der Waals surface area contributed by atoms with E-state index < -0.39 is 0 Å². The number of methoxy groups -OCH3 is 2. The van der Waals surface area contributed by atoms with Crippen molar-refractivity contribution >= 4 is 11.0 Å². The molecule has 5 heteroatoms. The number of hydrogen-bond donors (Lipinski definition) is 2. The normalized spacial score (nSPS) is 10.8. The topological polar surface area (TPSA) is 59.2 Å². The highest BCUT2D eigenvalue weighted by molar-refractivity contribution is 5.79. The quantitative estimate of drug-likeness (QED) is 0.828. The Morgan fingerprint density at radius 3 is 2.59 bits per heavy atom. The molecule has 5 nitrogen and oxygen atoms in total. The third-order valence-electron chi connectivity index (χ3n) is 2.58. The van der Waals surface area contributed by atoms with Gasteiger partial charge in [-0.15, -0.1) is 0 Å². The lowest BCUT2D eigenvalue weighted by atomic mass is 10.3. The van der Waals surface area contributed by atoms with Gasteiger partial charge >= 0.3 is 0 Å². The second kappa shape index (κ2) is 5.05. The standard InChI is InChI=1S/C12H17N3O2/c1-4-13-7-12-14-8-5-10(16-2)11(17-3)6-9(8)15-12/h5-6,13H,4,7H2,1-3H3,(H,14,15). The second-order valence-corrected chi connectivity index (χ2v) is 3.69. The van der Waals surface area contributed by atoms with Crippen molar-refractivity contribution in [2.24, 2.45) is 0 Å². The van der Waals surface area contributed by atoms with Crippen molar-refractivity contribution in [2.45, 2.75) is 13.5 Å². The highest BCUT2D eigenvalue weighted by atomic mass is 16.5. The minimum atomic E-state index is 0.696. The second-order valence-electron chi connectivity index (χ2n) is 3.69. The first-order chi connectivity index (χ1) is 8.28. The summed E-state index contributed by atoms with van der Waals surface area (Å²) in [6.07, 6.45) is 0. The highest BCUT2D eigenvalue weighted by Crippen LogP contribution is 2.30. The zero-order chi connectivity index (χ0) is 12.3. The average molecular weight is 235 g/mol. The lowest BCUT2D eigenvalue weighted by Gasteiger charge is -2.06. The average Bonchev–Trinajstić information content (AvgIpc) is 2.76. The van der Waals surface area contributed by atoms with Crippen LogP contribution in [0.4, 0.5) is 0 Å². The summed E-state index contributed by atoms with van der Waals surface area (Å²) in [5.41, 5.74) is 1.84. The molecule has 0 saturated carbocycles. The van der Waals surface area contributed by atoms with Crippen LogP contribution in [0.3, 0.4) is 0 Å². The van der Waals surface area contributed by atoms with E-state index in [0.717, 1.165) is 29.9 Å². The Hall–Kier alpha value is -1.75. The largest absolute Gasteiger partial charge is 0.493 e. The summed E-state index contributed by atoms with van der Waals surface area (Å²) < 4.78 is 10.5. The number of aromatic nitrogens is 2. The molecule has 1 aromatic carbocycles. The van der Waals surface area contributed by atoms with Crippen LogP contribution in [0.25, 0.3) is 11.0 Å². The number of ether oxygens (including phenoxy) is 2. The number of aromatic amines is 1. The minimum Gasteiger partial charge on any atom is -0.493 e. The molecule has 92 valence electrons. The van der Waals surface area contributed by atoms with Gasteiger partial charge in [0.05, 0.1) is 31.8 Å². The summed E-state index contributed by atoms with van der Waals surface area (Å²) in [6, 6.07) is 3.77. The number of nitrogens with zero attached hydrogens (tertiary/aromatic N) is 1. The molecule has 0 fully saturated rings. The van der Waals surface area contributed by atoms with Crippen LogP contribution in [-0.2, 0) is 6.54 Å². The van der Waals surface area contributed by atoms with E-state index in [-0.39, 0.29) is 0 Å². The van der Waals surface area contributed by atoms with E-state index in [1.165, 1.54) is 0 Å². The van der Waals surface area contributed by atoms with Crippen molar-refractivity contribution in [3.8, 4) is 11.5 Å². The van der Waals surface area contributed by atoms with Crippen LogP contribution in [0, 0.1) is 0 Å². The molecule has 0 aliphatic rings. The van der Waals surface area contributed by atoms with E-state index in [4.69, 9.17) is 9.47 Å². The molecule has 0 saturated heterocycles. The van der Waals surface area contributed by atoms with Crippen molar-refractivity contribution in [2.75, 3.05) is 20.8 Å².